The molecule has 1 aliphatic rings. The maximum absolute atomic E-state index is 13.7. The van der Waals surface area contributed by atoms with E-state index in [9.17, 15) is 22.4 Å². The summed E-state index contributed by atoms with van der Waals surface area (Å²) in [4.78, 5) is 18.9. The zero-order valence-electron chi connectivity index (χ0n) is 17.3. The molecule has 31 heavy (non-hydrogen) atoms. The Labute approximate surface area is 182 Å². The predicted octanol–water partition coefficient (Wildman–Crippen LogP) is 4.46. The van der Waals surface area contributed by atoms with E-state index < -0.39 is 29.5 Å². The summed E-state index contributed by atoms with van der Waals surface area (Å²) in [6.07, 6.45) is -2.72. The summed E-state index contributed by atoms with van der Waals surface area (Å²) in [5.74, 6) is -1.52. The van der Waals surface area contributed by atoms with Gasteiger partial charge in [-0.2, -0.15) is 13.2 Å². The van der Waals surface area contributed by atoms with E-state index in [1.54, 1.807) is 6.92 Å². The van der Waals surface area contributed by atoms with Crippen molar-refractivity contribution in [1.29, 1.82) is 0 Å². The molecule has 0 aliphatic carbocycles. The van der Waals surface area contributed by atoms with Crippen LogP contribution in [0, 0.1) is 12.7 Å². The Morgan fingerprint density at radius 3 is 2.61 bits per heavy atom. The SMILES string of the molecule is Cc1ncc(C(=O)N[C@@H](C)C(F)(F)F)c(N2CC[C@](C)(N)C2)c1-c1ccc(F)c(Cl)c1. The summed E-state index contributed by atoms with van der Waals surface area (Å²) in [7, 11) is 0. The van der Waals surface area contributed by atoms with Crippen LogP contribution in [0.3, 0.4) is 0 Å². The topological polar surface area (TPSA) is 71.2 Å². The van der Waals surface area contributed by atoms with Gasteiger partial charge in [-0.1, -0.05) is 17.7 Å². The number of carbonyl (C=O) groups is 1. The second kappa shape index (κ2) is 8.27. The third-order valence-corrected chi connectivity index (χ3v) is 5.64. The quantitative estimate of drug-likeness (QED) is 0.664. The molecule has 1 saturated heterocycles. The van der Waals surface area contributed by atoms with E-state index in [1.165, 1.54) is 24.4 Å². The molecule has 0 radical (unpaired) electrons. The number of benzene rings is 1. The van der Waals surface area contributed by atoms with Gasteiger partial charge >= 0.3 is 6.18 Å². The number of alkyl halides is 3. The number of halogens is 5. The maximum Gasteiger partial charge on any atom is 0.408 e. The molecule has 0 spiro atoms. The van der Waals surface area contributed by atoms with Crippen LogP contribution in [0.1, 0.15) is 36.3 Å². The van der Waals surface area contributed by atoms with Crippen LogP contribution >= 0.6 is 11.6 Å². The maximum atomic E-state index is 13.7. The number of carbonyl (C=O) groups excluding carboxylic acids is 1. The first-order chi connectivity index (χ1) is 14.3. The molecule has 0 saturated carbocycles. The lowest BCUT2D eigenvalue weighted by molar-refractivity contribution is -0.149. The van der Waals surface area contributed by atoms with Gasteiger partial charge in [-0.25, -0.2) is 4.39 Å². The number of nitrogens with two attached hydrogens (primary N) is 1. The van der Waals surface area contributed by atoms with Crippen LogP contribution in [0.2, 0.25) is 5.02 Å². The van der Waals surface area contributed by atoms with Crippen molar-refractivity contribution < 1.29 is 22.4 Å². The van der Waals surface area contributed by atoms with E-state index in [-0.39, 0.29) is 10.6 Å². The first-order valence-electron chi connectivity index (χ1n) is 9.66. The number of anilines is 1. The number of hydrogen-bond acceptors (Lipinski definition) is 4. The average Bonchev–Trinajstić information content (AvgIpc) is 3.02. The Morgan fingerprint density at radius 2 is 2.06 bits per heavy atom. The first kappa shape index (κ1) is 23.3. The number of nitrogens with one attached hydrogen (secondary N) is 1. The van der Waals surface area contributed by atoms with Crippen molar-refractivity contribution in [2.24, 2.45) is 5.73 Å². The van der Waals surface area contributed by atoms with Gasteiger partial charge in [0.25, 0.3) is 5.91 Å². The van der Waals surface area contributed by atoms with E-state index in [1.807, 2.05) is 17.1 Å². The molecule has 0 bridgehead atoms. The van der Waals surface area contributed by atoms with Crippen molar-refractivity contribution in [2.45, 2.75) is 44.9 Å². The molecule has 5 nitrogen and oxygen atoms in total. The van der Waals surface area contributed by atoms with E-state index in [0.717, 1.165) is 6.92 Å². The van der Waals surface area contributed by atoms with E-state index >= 15 is 0 Å². The van der Waals surface area contributed by atoms with Crippen LogP contribution in [-0.2, 0) is 0 Å². The van der Waals surface area contributed by atoms with Gasteiger partial charge in [-0.15, -0.1) is 0 Å². The molecule has 1 aromatic heterocycles. The molecule has 3 rings (SSSR count). The van der Waals surface area contributed by atoms with Gasteiger partial charge < -0.3 is 16.0 Å². The zero-order valence-corrected chi connectivity index (χ0v) is 18.0. The molecular weight excluding hydrogens is 436 g/mol. The fraction of sp³-hybridized carbons (Fsp3) is 0.429. The zero-order chi connectivity index (χ0) is 23.1. The van der Waals surface area contributed by atoms with Crippen molar-refractivity contribution in [2.75, 3.05) is 18.0 Å². The normalized spacial score (nSPS) is 20.1. The Hall–Kier alpha value is -2.39. The van der Waals surface area contributed by atoms with Gasteiger partial charge in [-0.3, -0.25) is 9.78 Å². The Bertz CT molecular complexity index is 1010. The van der Waals surface area contributed by atoms with Crippen molar-refractivity contribution in [1.82, 2.24) is 10.3 Å². The lowest BCUT2D eigenvalue weighted by Crippen LogP contribution is -2.44. The van der Waals surface area contributed by atoms with Crippen LogP contribution in [0.5, 0.6) is 0 Å². The van der Waals surface area contributed by atoms with Crippen LogP contribution in [0.15, 0.2) is 24.4 Å². The van der Waals surface area contributed by atoms with Gasteiger partial charge in [0.15, 0.2) is 0 Å². The molecule has 1 amide bonds. The largest absolute Gasteiger partial charge is 0.408 e. The lowest BCUT2D eigenvalue weighted by Gasteiger charge is -2.28. The lowest BCUT2D eigenvalue weighted by atomic mass is 9.97. The molecule has 1 fully saturated rings. The third kappa shape index (κ3) is 4.93. The summed E-state index contributed by atoms with van der Waals surface area (Å²) in [6, 6.07) is 2.04. The predicted molar refractivity (Wildman–Crippen MR) is 112 cm³/mol. The van der Waals surface area contributed by atoms with Crippen molar-refractivity contribution in [3.63, 3.8) is 0 Å². The summed E-state index contributed by atoms with van der Waals surface area (Å²) in [5.41, 5.74) is 7.61. The minimum atomic E-state index is -4.59. The number of amides is 1. The van der Waals surface area contributed by atoms with E-state index in [2.05, 4.69) is 4.98 Å². The first-order valence-corrected chi connectivity index (χ1v) is 10.0. The van der Waals surface area contributed by atoms with Gasteiger partial charge in [0, 0.05) is 36.1 Å². The number of aryl methyl sites for hydroxylation is 1. The average molecular weight is 459 g/mol. The fourth-order valence-electron chi connectivity index (χ4n) is 3.62. The number of pyridine rings is 1. The highest BCUT2D eigenvalue weighted by atomic mass is 35.5. The monoisotopic (exact) mass is 458 g/mol. The summed E-state index contributed by atoms with van der Waals surface area (Å²) < 4.78 is 52.8. The number of nitrogens with zero attached hydrogens (tertiary/aromatic N) is 2. The Morgan fingerprint density at radius 1 is 1.39 bits per heavy atom. The fourth-order valence-corrected chi connectivity index (χ4v) is 3.80. The summed E-state index contributed by atoms with van der Waals surface area (Å²) in [6.45, 7) is 5.31. The second-order valence-corrected chi connectivity index (χ2v) is 8.58. The highest BCUT2D eigenvalue weighted by Crippen LogP contribution is 2.40. The van der Waals surface area contributed by atoms with Gasteiger partial charge in [0.1, 0.15) is 11.9 Å². The molecular formula is C21H23ClF4N4O. The molecule has 2 atom stereocenters. The van der Waals surface area contributed by atoms with E-state index in [4.69, 9.17) is 17.3 Å². The molecule has 10 heteroatoms. The molecule has 168 valence electrons. The Kier molecular flexibility index (Phi) is 6.21. The van der Waals surface area contributed by atoms with Crippen molar-refractivity contribution in [3.8, 4) is 11.1 Å². The number of rotatable bonds is 4. The van der Waals surface area contributed by atoms with Crippen LogP contribution < -0.4 is 16.0 Å². The molecule has 0 unspecified atom stereocenters. The standard InChI is InChI=1S/C21H23ClF4N4O/c1-11-17(13-4-5-16(23)15(22)8-13)18(30-7-6-20(3,27)10-30)14(9-28-11)19(31)29-12(2)21(24,25)26/h4-5,8-9,12H,6-7,10,27H2,1-3H3,(H,29,31)/t12-,20-/m0/s1. The molecule has 1 aromatic carbocycles. The van der Waals surface area contributed by atoms with E-state index in [0.29, 0.717) is 42.0 Å². The van der Waals surface area contributed by atoms with Crippen molar-refractivity contribution in [3.05, 3.63) is 46.5 Å². The smallest absolute Gasteiger partial charge is 0.368 e. The minimum absolute atomic E-state index is 0.0187. The third-order valence-electron chi connectivity index (χ3n) is 5.35. The molecule has 3 N–H and O–H groups in total. The number of aromatic nitrogens is 1. The minimum Gasteiger partial charge on any atom is -0.368 e. The highest BCUT2D eigenvalue weighted by Gasteiger charge is 2.39. The molecule has 1 aliphatic heterocycles. The Balaban J connectivity index is 2.17. The van der Waals surface area contributed by atoms with Crippen LogP contribution in [0.25, 0.3) is 11.1 Å². The van der Waals surface area contributed by atoms with Gasteiger partial charge in [-0.05, 0) is 44.9 Å². The summed E-state index contributed by atoms with van der Waals surface area (Å²) >= 11 is 5.96. The second-order valence-electron chi connectivity index (χ2n) is 8.17. The highest BCUT2D eigenvalue weighted by molar-refractivity contribution is 6.31. The van der Waals surface area contributed by atoms with Crippen molar-refractivity contribution >= 4 is 23.2 Å². The van der Waals surface area contributed by atoms with Crippen LogP contribution in [-0.4, -0.2) is 41.7 Å². The molecule has 2 aromatic rings. The molecule has 2 heterocycles. The van der Waals surface area contributed by atoms with Crippen LogP contribution in [0.4, 0.5) is 23.2 Å². The van der Waals surface area contributed by atoms with Gasteiger partial charge in [0.2, 0.25) is 0 Å². The number of hydrogen-bond donors (Lipinski definition) is 2. The van der Waals surface area contributed by atoms with Gasteiger partial charge in [0.05, 0.1) is 16.3 Å². The summed E-state index contributed by atoms with van der Waals surface area (Å²) in [5, 5.41) is 1.87.